The molecule has 162 valence electrons. The van der Waals surface area contributed by atoms with Gasteiger partial charge in [-0.05, 0) is 106 Å². The van der Waals surface area contributed by atoms with Crippen molar-refractivity contribution >= 4 is 38.6 Å². The van der Waals surface area contributed by atoms with Gasteiger partial charge in [0, 0.05) is 17.8 Å². The zero-order valence-electron chi connectivity index (χ0n) is 18.8. The largest absolute Gasteiger partial charge is 0.290 e. The number of benzene rings is 3. The van der Waals surface area contributed by atoms with Crippen molar-refractivity contribution in [3.8, 4) is 22.3 Å². The van der Waals surface area contributed by atoms with E-state index in [1.165, 1.54) is 44.5 Å². The highest BCUT2D eigenvalue weighted by molar-refractivity contribution is 6.10. The SMILES string of the molecule is c1ccc2c(c1)Cc1cc3c(cc1-2)Cc1cc2nc4c5cccnc5c5ncccc5n4c2cc1-3. The van der Waals surface area contributed by atoms with Crippen LogP contribution in [0.1, 0.15) is 22.3 Å². The number of imidazole rings is 1. The Labute approximate surface area is 200 Å². The first kappa shape index (κ1) is 17.8. The fourth-order valence-corrected chi connectivity index (χ4v) is 6.35. The maximum atomic E-state index is 5.12. The summed E-state index contributed by atoms with van der Waals surface area (Å²) < 4.78 is 2.27. The van der Waals surface area contributed by atoms with Crippen molar-refractivity contribution in [1.82, 2.24) is 19.4 Å². The zero-order valence-corrected chi connectivity index (χ0v) is 18.8. The van der Waals surface area contributed by atoms with Crippen molar-refractivity contribution < 1.29 is 0 Å². The lowest BCUT2D eigenvalue weighted by Gasteiger charge is -2.08. The number of rotatable bonds is 0. The summed E-state index contributed by atoms with van der Waals surface area (Å²) >= 11 is 0. The van der Waals surface area contributed by atoms with E-state index in [1.807, 2.05) is 24.5 Å². The molecule has 0 atom stereocenters. The van der Waals surface area contributed by atoms with Crippen LogP contribution in [0.2, 0.25) is 0 Å². The quantitative estimate of drug-likeness (QED) is 0.243. The summed E-state index contributed by atoms with van der Waals surface area (Å²) in [6, 6.07) is 26.5. The van der Waals surface area contributed by atoms with Gasteiger partial charge in [0.25, 0.3) is 0 Å². The Morgan fingerprint density at radius 2 is 1.29 bits per heavy atom. The Balaban J connectivity index is 1.35. The third-order valence-electron chi connectivity index (χ3n) is 7.87. The van der Waals surface area contributed by atoms with Gasteiger partial charge >= 0.3 is 0 Å². The van der Waals surface area contributed by atoms with Crippen LogP contribution in [0.25, 0.3) is 60.9 Å². The number of hydrogen-bond acceptors (Lipinski definition) is 3. The van der Waals surface area contributed by atoms with Gasteiger partial charge in [0.15, 0.2) is 0 Å². The lowest BCUT2D eigenvalue weighted by molar-refractivity contribution is 1.24. The van der Waals surface area contributed by atoms with Gasteiger partial charge < -0.3 is 0 Å². The molecule has 0 aliphatic heterocycles. The Hall–Kier alpha value is -4.57. The van der Waals surface area contributed by atoms with Crippen molar-refractivity contribution in [3.63, 3.8) is 0 Å². The van der Waals surface area contributed by atoms with E-state index in [1.54, 1.807) is 0 Å². The third-order valence-corrected chi connectivity index (χ3v) is 7.87. The summed E-state index contributed by atoms with van der Waals surface area (Å²) in [6.45, 7) is 0. The Morgan fingerprint density at radius 3 is 2.20 bits per heavy atom. The van der Waals surface area contributed by atoms with Crippen LogP contribution < -0.4 is 0 Å². The molecule has 0 saturated carbocycles. The van der Waals surface area contributed by atoms with Gasteiger partial charge in [0.2, 0.25) is 0 Å². The average molecular weight is 447 g/mol. The molecule has 3 aromatic carbocycles. The van der Waals surface area contributed by atoms with E-state index in [9.17, 15) is 0 Å². The highest BCUT2D eigenvalue weighted by atomic mass is 15.0. The van der Waals surface area contributed by atoms with Crippen LogP contribution >= 0.6 is 0 Å². The number of hydrogen-bond donors (Lipinski definition) is 0. The van der Waals surface area contributed by atoms with E-state index < -0.39 is 0 Å². The Morgan fingerprint density at radius 1 is 0.571 bits per heavy atom. The minimum absolute atomic E-state index is 0.902. The lowest BCUT2D eigenvalue weighted by Crippen LogP contribution is -1.94. The molecule has 0 spiro atoms. The molecule has 4 nitrogen and oxygen atoms in total. The molecule has 4 heterocycles. The number of aromatic nitrogens is 4. The number of pyridine rings is 3. The summed E-state index contributed by atoms with van der Waals surface area (Å²) in [5.41, 5.74) is 17.1. The number of fused-ring (bicyclic) bond motifs is 14. The highest BCUT2D eigenvalue weighted by Gasteiger charge is 2.26. The molecule has 4 heteroatoms. The van der Waals surface area contributed by atoms with Crippen LogP contribution in [0.4, 0.5) is 0 Å². The summed E-state index contributed by atoms with van der Waals surface area (Å²) in [5.74, 6) is 0. The maximum Gasteiger partial charge on any atom is 0.148 e. The van der Waals surface area contributed by atoms with E-state index in [0.717, 1.165) is 51.5 Å². The molecule has 2 aliphatic carbocycles. The molecule has 0 amide bonds. The molecule has 0 fully saturated rings. The first-order chi connectivity index (χ1) is 17.3. The van der Waals surface area contributed by atoms with E-state index in [2.05, 4.69) is 70.0 Å². The van der Waals surface area contributed by atoms with E-state index in [0.29, 0.717) is 0 Å². The normalized spacial score (nSPS) is 13.5. The molecule has 0 radical (unpaired) electrons. The molecule has 0 saturated heterocycles. The fourth-order valence-electron chi connectivity index (χ4n) is 6.35. The van der Waals surface area contributed by atoms with Gasteiger partial charge in [0.1, 0.15) is 16.7 Å². The molecule has 4 aromatic heterocycles. The number of nitrogens with zero attached hydrogens (tertiary/aromatic N) is 4. The van der Waals surface area contributed by atoms with Gasteiger partial charge in [-0.2, -0.15) is 0 Å². The van der Waals surface area contributed by atoms with Crippen LogP contribution in [-0.4, -0.2) is 19.4 Å². The van der Waals surface area contributed by atoms with Crippen molar-refractivity contribution in [2.24, 2.45) is 0 Å². The van der Waals surface area contributed by atoms with E-state index >= 15 is 0 Å². The Bertz CT molecular complexity index is 2070. The van der Waals surface area contributed by atoms with Crippen LogP contribution in [-0.2, 0) is 12.8 Å². The third kappa shape index (κ3) is 2.20. The molecular weight excluding hydrogens is 428 g/mol. The molecule has 0 bridgehead atoms. The van der Waals surface area contributed by atoms with Crippen LogP contribution in [0.15, 0.2) is 85.2 Å². The fraction of sp³-hybridized carbons (Fsp3) is 0.0645. The summed E-state index contributed by atoms with van der Waals surface area (Å²) in [4.78, 5) is 14.5. The van der Waals surface area contributed by atoms with Crippen molar-refractivity contribution in [2.45, 2.75) is 12.8 Å². The van der Waals surface area contributed by atoms with Crippen molar-refractivity contribution in [3.05, 3.63) is 107 Å². The van der Waals surface area contributed by atoms with Crippen LogP contribution in [0.3, 0.4) is 0 Å². The summed E-state index contributed by atoms with van der Waals surface area (Å²) in [7, 11) is 0. The first-order valence-electron chi connectivity index (χ1n) is 12.0. The average Bonchev–Trinajstić information content (AvgIpc) is 3.56. The molecular formula is C31H18N4. The Kier molecular flexibility index (Phi) is 3.11. The molecule has 2 aliphatic rings. The van der Waals surface area contributed by atoms with Crippen LogP contribution in [0.5, 0.6) is 0 Å². The molecule has 7 aromatic rings. The van der Waals surface area contributed by atoms with E-state index in [4.69, 9.17) is 9.97 Å². The molecule has 35 heavy (non-hydrogen) atoms. The zero-order chi connectivity index (χ0) is 22.7. The van der Waals surface area contributed by atoms with Gasteiger partial charge in [0.05, 0.1) is 16.6 Å². The second kappa shape index (κ2) is 6.10. The standard InChI is InChI=1S/C31H18N4/c1-2-6-21-17(5-1)11-18-14-24-19(13-23(18)21)12-20-15-26-28(16-25(20)24)35-27-8-4-10-33-30(27)29-22(31(35)34-26)7-3-9-32-29/h1-10,13-16H,11-12H2. The molecule has 0 N–H and O–H groups in total. The predicted molar refractivity (Wildman–Crippen MR) is 140 cm³/mol. The van der Waals surface area contributed by atoms with E-state index in [-0.39, 0.29) is 0 Å². The van der Waals surface area contributed by atoms with Crippen molar-refractivity contribution in [2.75, 3.05) is 0 Å². The minimum Gasteiger partial charge on any atom is -0.290 e. The second-order valence-electron chi connectivity index (χ2n) is 9.72. The smallest absolute Gasteiger partial charge is 0.148 e. The minimum atomic E-state index is 0.902. The van der Waals surface area contributed by atoms with Crippen molar-refractivity contribution in [1.29, 1.82) is 0 Å². The summed E-state index contributed by atoms with van der Waals surface area (Å²) in [6.07, 6.45) is 5.64. The second-order valence-corrected chi connectivity index (χ2v) is 9.72. The van der Waals surface area contributed by atoms with Gasteiger partial charge in [-0.15, -0.1) is 0 Å². The van der Waals surface area contributed by atoms with Gasteiger partial charge in [-0.1, -0.05) is 24.3 Å². The molecule has 0 unspecified atom stereocenters. The molecule has 9 rings (SSSR count). The first-order valence-corrected chi connectivity index (χ1v) is 12.0. The van der Waals surface area contributed by atoms with Crippen LogP contribution in [0, 0.1) is 0 Å². The van der Waals surface area contributed by atoms with Gasteiger partial charge in [-0.25, -0.2) is 4.98 Å². The lowest BCUT2D eigenvalue weighted by atomic mass is 9.98. The predicted octanol–water partition coefficient (Wildman–Crippen LogP) is 6.73. The highest BCUT2D eigenvalue weighted by Crippen LogP contribution is 2.46. The van der Waals surface area contributed by atoms with Gasteiger partial charge in [-0.3, -0.25) is 14.4 Å². The maximum absolute atomic E-state index is 5.12. The monoisotopic (exact) mass is 446 g/mol. The topological polar surface area (TPSA) is 43.1 Å². The summed E-state index contributed by atoms with van der Waals surface area (Å²) in [5, 5.41) is 1.03.